The Balaban J connectivity index is 1.77. The minimum atomic E-state index is 0.0835. The third-order valence-corrected chi connectivity index (χ3v) is 3.29. The van der Waals surface area contributed by atoms with Gasteiger partial charge in [-0.3, -0.25) is 4.68 Å². The fraction of sp³-hybridized carbons (Fsp3) is 0.118. The average molecular weight is 264 g/mol. The molecule has 3 nitrogen and oxygen atoms in total. The fourth-order valence-corrected chi connectivity index (χ4v) is 2.17. The van der Waals surface area contributed by atoms with Gasteiger partial charge < -0.3 is 5.11 Å². The minimum Gasteiger partial charge on any atom is -0.392 e. The molecule has 0 spiro atoms. The lowest BCUT2D eigenvalue weighted by molar-refractivity contribution is 0.282. The van der Waals surface area contributed by atoms with E-state index in [4.69, 9.17) is 5.11 Å². The molecule has 1 N–H and O–H groups in total. The van der Waals surface area contributed by atoms with Gasteiger partial charge in [0, 0.05) is 11.8 Å². The summed E-state index contributed by atoms with van der Waals surface area (Å²) in [6, 6.07) is 18.2. The number of aliphatic hydroxyl groups is 1. The lowest BCUT2D eigenvalue weighted by atomic mass is 10.1. The van der Waals surface area contributed by atoms with Crippen LogP contribution in [0.4, 0.5) is 0 Å². The van der Waals surface area contributed by atoms with Crippen LogP contribution in [-0.4, -0.2) is 14.9 Å². The van der Waals surface area contributed by atoms with E-state index in [1.165, 1.54) is 11.1 Å². The topological polar surface area (TPSA) is 38.0 Å². The minimum absolute atomic E-state index is 0.0835. The molecule has 0 fully saturated rings. The van der Waals surface area contributed by atoms with Crippen molar-refractivity contribution in [3.63, 3.8) is 0 Å². The van der Waals surface area contributed by atoms with Crippen LogP contribution >= 0.6 is 0 Å². The van der Waals surface area contributed by atoms with Gasteiger partial charge in [-0.1, -0.05) is 54.6 Å². The molecule has 1 heterocycles. The van der Waals surface area contributed by atoms with Crippen LogP contribution < -0.4 is 0 Å². The van der Waals surface area contributed by atoms with Crippen molar-refractivity contribution in [3.05, 3.63) is 78.1 Å². The highest BCUT2D eigenvalue weighted by Crippen LogP contribution is 2.18. The summed E-state index contributed by atoms with van der Waals surface area (Å²) < 4.78 is 1.93. The maximum atomic E-state index is 9.03. The number of hydrogen-bond donors (Lipinski definition) is 1. The van der Waals surface area contributed by atoms with Crippen LogP contribution in [-0.2, 0) is 13.2 Å². The summed E-state index contributed by atoms with van der Waals surface area (Å²) in [6.07, 6.45) is 3.94. The van der Waals surface area contributed by atoms with E-state index >= 15 is 0 Å². The summed E-state index contributed by atoms with van der Waals surface area (Å²) >= 11 is 0. The Kier molecular flexibility index (Phi) is 3.61. The molecule has 20 heavy (non-hydrogen) atoms. The van der Waals surface area contributed by atoms with E-state index in [-0.39, 0.29) is 6.61 Å². The van der Waals surface area contributed by atoms with E-state index in [1.807, 2.05) is 53.3 Å². The summed E-state index contributed by atoms with van der Waals surface area (Å²) in [7, 11) is 0. The highest BCUT2D eigenvalue weighted by atomic mass is 16.3. The molecule has 0 aliphatic carbocycles. The molecule has 3 rings (SSSR count). The van der Waals surface area contributed by atoms with Crippen molar-refractivity contribution in [3.8, 4) is 11.1 Å². The molecule has 0 saturated carbocycles. The molecule has 0 aliphatic rings. The van der Waals surface area contributed by atoms with Crippen LogP contribution in [0.5, 0.6) is 0 Å². The Labute approximate surface area is 118 Å². The van der Waals surface area contributed by atoms with Crippen molar-refractivity contribution in [2.45, 2.75) is 13.2 Å². The van der Waals surface area contributed by atoms with Gasteiger partial charge in [0.25, 0.3) is 0 Å². The Morgan fingerprint density at radius 2 is 1.55 bits per heavy atom. The van der Waals surface area contributed by atoms with Crippen molar-refractivity contribution in [2.75, 3.05) is 0 Å². The van der Waals surface area contributed by atoms with Gasteiger partial charge in [-0.25, -0.2) is 0 Å². The first-order chi connectivity index (χ1) is 9.85. The number of aliphatic hydroxyl groups excluding tert-OH is 1. The van der Waals surface area contributed by atoms with Crippen molar-refractivity contribution in [1.82, 2.24) is 9.78 Å². The molecule has 3 aromatic rings. The average Bonchev–Trinajstić information content (AvgIpc) is 2.97. The number of benzene rings is 2. The van der Waals surface area contributed by atoms with Gasteiger partial charge in [-0.05, 0) is 16.7 Å². The van der Waals surface area contributed by atoms with Gasteiger partial charge in [-0.15, -0.1) is 0 Å². The van der Waals surface area contributed by atoms with Crippen LogP contribution in [0.2, 0.25) is 0 Å². The standard InChI is InChI=1S/C17H16N2O/c20-13-15-8-6-14(7-9-15)11-19-12-17(10-18-19)16-4-2-1-3-5-16/h1-10,12,20H,11,13H2. The highest BCUT2D eigenvalue weighted by Gasteiger charge is 2.02. The molecule has 2 aromatic carbocycles. The molecule has 0 atom stereocenters. The van der Waals surface area contributed by atoms with Gasteiger partial charge >= 0.3 is 0 Å². The SMILES string of the molecule is OCc1ccc(Cn2cc(-c3ccccc3)cn2)cc1. The van der Waals surface area contributed by atoms with Crippen molar-refractivity contribution >= 4 is 0 Å². The molecule has 1 aromatic heterocycles. The second-order valence-corrected chi connectivity index (χ2v) is 4.77. The first kappa shape index (κ1) is 12.6. The van der Waals surface area contributed by atoms with E-state index < -0.39 is 0 Å². The summed E-state index contributed by atoms with van der Waals surface area (Å²) in [6.45, 7) is 0.818. The summed E-state index contributed by atoms with van der Waals surface area (Å²) in [4.78, 5) is 0. The van der Waals surface area contributed by atoms with Crippen LogP contribution in [0, 0.1) is 0 Å². The molecule has 0 amide bonds. The summed E-state index contributed by atoms with van der Waals surface area (Å²) in [5.74, 6) is 0. The normalized spacial score (nSPS) is 10.7. The largest absolute Gasteiger partial charge is 0.392 e. The second-order valence-electron chi connectivity index (χ2n) is 4.77. The predicted octanol–water partition coefficient (Wildman–Crippen LogP) is 3.09. The van der Waals surface area contributed by atoms with E-state index in [0.717, 1.165) is 17.7 Å². The Bertz CT molecular complexity index is 672. The third kappa shape index (κ3) is 2.78. The lowest BCUT2D eigenvalue weighted by Crippen LogP contribution is -1.99. The van der Waals surface area contributed by atoms with Gasteiger partial charge in [0.1, 0.15) is 0 Å². The molecular weight excluding hydrogens is 248 g/mol. The van der Waals surface area contributed by atoms with E-state index in [0.29, 0.717) is 0 Å². The first-order valence-corrected chi connectivity index (χ1v) is 6.62. The monoisotopic (exact) mass is 264 g/mol. The second kappa shape index (κ2) is 5.72. The van der Waals surface area contributed by atoms with E-state index in [9.17, 15) is 0 Å². The number of hydrogen-bond acceptors (Lipinski definition) is 2. The highest BCUT2D eigenvalue weighted by molar-refractivity contribution is 5.61. The number of rotatable bonds is 4. The van der Waals surface area contributed by atoms with Crippen LogP contribution in [0.25, 0.3) is 11.1 Å². The number of nitrogens with zero attached hydrogens (tertiary/aromatic N) is 2. The maximum Gasteiger partial charge on any atom is 0.0681 e. The maximum absolute atomic E-state index is 9.03. The van der Waals surface area contributed by atoms with Crippen molar-refractivity contribution in [1.29, 1.82) is 0 Å². The molecule has 0 aliphatic heterocycles. The fourth-order valence-electron chi connectivity index (χ4n) is 2.17. The molecule has 0 unspecified atom stereocenters. The molecule has 3 heteroatoms. The van der Waals surface area contributed by atoms with E-state index in [2.05, 4.69) is 23.4 Å². The van der Waals surface area contributed by atoms with E-state index in [1.54, 1.807) is 0 Å². The Morgan fingerprint density at radius 1 is 0.850 bits per heavy atom. The lowest BCUT2D eigenvalue weighted by Gasteiger charge is -2.03. The van der Waals surface area contributed by atoms with Crippen molar-refractivity contribution < 1.29 is 5.11 Å². The van der Waals surface area contributed by atoms with Crippen molar-refractivity contribution in [2.24, 2.45) is 0 Å². The van der Waals surface area contributed by atoms with Crippen LogP contribution in [0.1, 0.15) is 11.1 Å². The van der Waals surface area contributed by atoms with Gasteiger partial charge in [-0.2, -0.15) is 5.10 Å². The Hall–Kier alpha value is -2.39. The van der Waals surface area contributed by atoms with Gasteiger partial charge in [0.05, 0.1) is 19.3 Å². The van der Waals surface area contributed by atoms with Gasteiger partial charge in [0.2, 0.25) is 0 Å². The zero-order valence-electron chi connectivity index (χ0n) is 11.1. The smallest absolute Gasteiger partial charge is 0.0681 e. The molecule has 0 radical (unpaired) electrons. The first-order valence-electron chi connectivity index (χ1n) is 6.62. The summed E-state index contributed by atoms with van der Waals surface area (Å²) in [5.41, 5.74) is 4.40. The zero-order valence-corrected chi connectivity index (χ0v) is 11.1. The quantitative estimate of drug-likeness (QED) is 0.786. The zero-order chi connectivity index (χ0) is 13.8. The third-order valence-electron chi connectivity index (χ3n) is 3.29. The molecule has 100 valence electrons. The molecule has 0 bridgehead atoms. The molecule has 0 saturated heterocycles. The summed E-state index contributed by atoms with van der Waals surface area (Å²) in [5, 5.41) is 13.4. The molecular formula is C17H16N2O. The predicted molar refractivity (Wildman–Crippen MR) is 79.1 cm³/mol. The van der Waals surface area contributed by atoms with Crippen LogP contribution in [0.15, 0.2) is 67.0 Å². The van der Waals surface area contributed by atoms with Crippen LogP contribution in [0.3, 0.4) is 0 Å². The van der Waals surface area contributed by atoms with Gasteiger partial charge in [0.15, 0.2) is 0 Å². The number of aromatic nitrogens is 2. The Morgan fingerprint density at radius 3 is 2.25 bits per heavy atom.